The fourth-order valence-electron chi connectivity index (χ4n) is 4.48. The molecule has 7 nitrogen and oxygen atoms in total. The highest BCUT2D eigenvalue weighted by Crippen LogP contribution is 2.38. The molecule has 0 saturated heterocycles. The van der Waals surface area contributed by atoms with Crippen molar-refractivity contribution in [2.45, 2.75) is 38.0 Å². The Bertz CT molecular complexity index is 1120. The molecule has 1 saturated carbocycles. The monoisotopic (exact) mass is 481 g/mol. The van der Waals surface area contributed by atoms with Crippen LogP contribution in [0.25, 0.3) is 11.3 Å². The summed E-state index contributed by atoms with van der Waals surface area (Å²) >= 11 is 6.02. The lowest BCUT2D eigenvalue weighted by Gasteiger charge is -2.28. The SMILES string of the molecule is O=C(O)CNCC(=O)CC1CCC(c2ccc(-c3cnc(Nc4cccc(Cl)c4)o3)cc2)CC1. The van der Waals surface area contributed by atoms with Gasteiger partial charge in [-0.25, -0.2) is 4.98 Å². The first kappa shape index (κ1) is 24.0. The summed E-state index contributed by atoms with van der Waals surface area (Å²) in [5, 5.41) is 15.1. The number of carboxylic acids is 1. The van der Waals surface area contributed by atoms with Crippen molar-refractivity contribution < 1.29 is 19.1 Å². The lowest BCUT2D eigenvalue weighted by atomic mass is 9.77. The maximum absolute atomic E-state index is 12.1. The van der Waals surface area contributed by atoms with Crippen molar-refractivity contribution in [2.24, 2.45) is 5.92 Å². The Kier molecular flexibility index (Phi) is 7.98. The van der Waals surface area contributed by atoms with Crippen LogP contribution in [0.2, 0.25) is 5.02 Å². The summed E-state index contributed by atoms with van der Waals surface area (Å²) < 4.78 is 5.86. The fourth-order valence-corrected chi connectivity index (χ4v) is 4.67. The van der Waals surface area contributed by atoms with Crippen LogP contribution >= 0.6 is 11.6 Å². The summed E-state index contributed by atoms with van der Waals surface area (Å²) in [6.45, 7) is -0.0477. The van der Waals surface area contributed by atoms with Crippen molar-refractivity contribution in [3.8, 4) is 11.3 Å². The Morgan fingerprint density at radius 2 is 1.82 bits per heavy atom. The van der Waals surface area contributed by atoms with Crippen LogP contribution in [-0.4, -0.2) is 34.9 Å². The van der Waals surface area contributed by atoms with Gasteiger partial charge in [-0.3, -0.25) is 9.59 Å². The van der Waals surface area contributed by atoms with E-state index in [1.165, 1.54) is 5.56 Å². The Hall–Kier alpha value is -3.16. The third kappa shape index (κ3) is 6.68. The van der Waals surface area contributed by atoms with E-state index in [1.54, 1.807) is 12.3 Å². The molecular weight excluding hydrogens is 454 g/mol. The van der Waals surface area contributed by atoms with E-state index < -0.39 is 5.97 Å². The summed E-state index contributed by atoms with van der Waals surface area (Å²) in [7, 11) is 0. The molecule has 0 bridgehead atoms. The third-order valence-electron chi connectivity index (χ3n) is 6.21. The maximum atomic E-state index is 12.1. The number of aromatic nitrogens is 1. The van der Waals surface area contributed by atoms with Crippen molar-refractivity contribution in [2.75, 3.05) is 18.4 Å². The van der Waals surface area contributed by atoms with Crippen LogP contribution in [0.1, 0.15) is 43.6 Å². The normalized spacial score (nSPS) is 17.9. The van der Waals surface area contributed by atoms with Crippen LogP contribution in [-0.2, 0) is 9.59 Å². The van der Waals surface area contributed by atoms with Gasteiger partial charge in [0.25, 0.3) is 6.01 Å². The molecule has 1 fully saturated rings. The summed E-state index contributed by atoms with van der Waals surface area (Å²) in [6, 6.07) is 16.2. The van der Waals surface area contributed by atoms with Gasteiger partial charge in [-0.05, 0) is 61.3 Å². The Balaban J connectivity index is 1.27. The smallest absolute Gasteiger partial charge is 0.317 e. The number of benzene rings is 2. The summed E-state index contributed by atoms with van der Waals surface area (Å²) in [5.41, 5.74) is 3.07. The number of hydrogen-bond acceptors (Lipinski definition) is 6. The van der Waals surface area contributed by atoms with Crippen molar-refractivity contribution in [1.29, 1.82) is 0 Å². The summed E-state index contributed by atoms with van der Waals surface area (Å²) in [6.07, 6.45) is 6.35. The molecule has 1 aliphatic rings. The van der Waals surface area contributed by atoms with Gasteiger partial charge in [-0.2, -0.15) is 0 Å². The number of halogens is 1. The molecule has 178 valence electrons. The van der Waals surface area contributed by atoms with Crippen molar-refractivity contribution in [3.63, 3.8) is 0 Å². The zero-order valence-electron chi connectivity index (χ0n) is 18.8. The van der Waals surface area contributed by atoms with Crippen molar-refractivity contribution in [3.05, 3.63) is 65.3 Å². The van der Waals surface area contributed by atoms with Gasteiger partial charge in [0.2, 0.25) is 0 Å². The predicted molar refractivity (Wildman–Crippen MR) is 132 cm³/mol. The van der Waals surface area contributed by atoms with E-state index >= 15 is 0 Å². The number of carboxylic acid groups (broad SMARTS) is 1. The number of hydrogen-bond donors (Lipinski definition) is 3. The average Bonchev–Trinajstić information content (AvgIpc) is 3.28. The number of Topliss-reactive ketones (excluding diaryl/α,β-unsaturated/α-hetero) is 1. The minimum absolute atomic E-state index is 0.0883. The standard InChI is InChI=1S/C26H28ClN3O4/c27-21-2-1-3-22(13-21)30-26-29-15-24(34-26)20-10-8-19(9-11-20)18-6-4-17(5-7-18)12-23(31)14-28-16-25(32)33/h1-3,8-11,13,15,17-18,28H,4-7,12,14,16H2,(H,29,30)(H,32,33). The first-order valence-electron chi connectivity index (χ1n) is 11.5. The zero-order valence-corrected chi connectivity index (χ0v) is 19.6. The van der Waals surface area contributed by atoms with E-state index in [1.807, 2.05) is 18.2 Å². The van der Waals surface area contributed by atoms with Crippen LogP contribution in [0.4, 0.5) is 11.7 Å². The molecule has 3 N–H and O–H groups in total. The highest BCUT2D eigenvalue weighted by atomic mass is 35.5. The molecular formula is C26H28ClN3O4. The third-order valence-corrected chi connectivity index (χ3v) is 6.44. The zero-order chi connectivity index (χ0) is 23.9. The van der Waals surface area contributed by atoms with Crippen LogP contribution < -0.4 is 10.6 Å². The Morgan fingerprint density at radius 3 is 2.53 bits per heavy atom. The molecule has 4 rings (SSSR count). The van der Waals surface area contributed by atoms with E-state index in [-0.39, 0.29) is 18.9 Å². The highest BCUT2D eigenvalue weighted by molar-refractivity contribution is 6.30. The molecule has 8 heteroatoms. The number of carbonyl (C=O) groups is 2. The molecule has 0 atom stereocenters. The molecule has 2 aromatic carbocycles. The molecule has 0 unspecified atom stereocenters. The summed E-state index contributed by atoms with van der Waals surface area (Å²) in [5.74, 6) is 0.701. The Labute approximate surface area is 203 Å². The number of carbonyl (C=O) groups excluding carboxylic acids is 1. The van der Waals surface area contributed by atoms with Crippen molar-refractivity contribution >= 4 is 35.1 Å². The predicted octanol–water partition coefficient (Wildman–Crippen LogP) is 5.65. The Morgan fingerprint density at radius 1 is 1.06 bits per heavy atom. The van der Waals surface area contributed by atoms with Gasteiger partial charge >= 0.3 is 5.97 Å². The van der Waals surface area contributed by atoms with Gasteiger partial charge in [0, 0.05) is 22.7 Å². The van der Waals surface area contributed by atoms with Gasteiger partial charge < -0.3 is 20.2 Å². The fraction of sp³-hybridized carbons (Fsp3) is 0.346. The molecule has 0 amide bonds. The van der Waals surface area contributed by atoms with Gasteiger partial charge in [-0.15, -0.1) is 0 Å². The van der Waals surface area contributed by atoms with E-state index in [4.69, 9.17) is 21.1 Å². The van der Waals surface area contributed by atoms with E-state index in [9.17, 15) is 9.59 Å². The second-order valence-electron chi connectivity index (χ2n) is 8.74. The van der Waals surface area contributed by atoms with Crippen LogP contribution in [0.5, 0.6) is 0 Å². The first-order chi connectivity index (χ1) is 16.5. The molecule has 0 spiro atoms. The second kappa shape index (κ2) is 11.3. The molecule has 0 radical (unpaired) electrons. The number of rotatable bonds is 10. The minimum Gasteiger partial charge on any atom is -0.480 e. The van der Waals surface area contributed by atoms with Gasteiger partial charge in [0.1, 0.15) is 5.78 Å². The first-order valence-corrected chi connectivity index (χ1v) is 11.9. The van der Waals surface area contributed by atoms with E-state index in [2.05, 4.69) is 39.9 Å². The van der Waals surface area contributed by atoms with Crippen LogP contribution in [0, 0.1) is 5.92 Å². The lowest BCUT2D eigenvalue weighted by Crippen LogP contribution is -2.29. The summed E-state index contributed by atoms with van der Waals surface area (Å²) in [4.78, 5) is 26.9. The molecule has 34 heavy (non-hydrogen) atoms. The maximum Gasteiger partial charge on any atom is 0.317 e. The number of ketones is 1. The van der Waals surface area contributed by atoms with E-state index in [0.29, 0.717) is 35.1 Å². The molecule has 0 aliphatic heterocycles. The lowest BCUT2D eigenvalue weighted by molar-refractivity contribution is -0.136. The number of nitrogens with zero attached hydrogens (tertiary/aromatic N) is 1. The minimum atomic E-state index is -0.947. The highest BCUT2D eigenvalue weighted by Gasteiger charge is 2.24. The van der Waals surface area contributed by atoms with Gasteiger partial charge in [0.15, 0.2) is 5.76 Å². The molecule has 3 aromatic rings. The molecule has 1 aromatic heterocycles. The van der Waals surface area contributed by atoms with E-state index in [0.717, 1.165) is 36.9 Å². The topological polar surface area (TPSA) is 104 Å². The average molecular weight is 482 g/mol. The second-order valence-corrected chi connectivity index (χ2v) is 9.18. The van der Waals surface area contributed by atoms with Gasteiger partial charge in [-0.1, -0.05) is 41.9 Å². The number of oxazole rings is 1. The van der Waals surface area contributed by atoms with Crippen molar-refractivity contribution in [1.82, 2.24) is 10.3 Å². The van der Waals surface area contributed by atoms with Crippen LogP contribution in [0.3, 0.4) is 0 Å². The van der Waals surface area contributed by atoms with Gasteiger partial charge in [0.05, 0.1) is 19.3 Å². The molecule has 1 heterocycles. The largest absolute Gasteiger partial charge is 0.480 e. The van der Waals surface area contributed by atoms with Crippen LogP contribution in [0.15, 0.2) is 59.1 Å². The molecule has 1 aliphatic carbocycles. The quantitative estimate of drug-likeness (QED) is 0.344. The number of aliphatic carboxylic acids is 1. The number of anilines is 2. The number of nitrogens with one attached hydrogen (secondary N) is 2.